The molecule has 2 aromatic heterocycles. The molecule has 0 aromatic carbocycles. The molecule has 0 unspecified atom stereocenters. The van der Waals surface area contributed by atoms with Crippen molar-refractivity contribution in [2.75, 3.05) is 5.75 Å². The zero-order valence-corrected chi connectivity index (χ0v) is 13.0. The van der Waals surface area contributed by atoms with Gasteiger partial charge < -0.3 is 10.2 Å². The van der Waals surface area contributed by atoms with Crippen LogP contribution >= 0.6 is 23.1 Å². The first kappa shape index (κ1) is 15.0. The summed E-state index contributed by atoms with van der Waals surface area (Å²) >= 11 is 3.04. The molecule has 0 spiro atoms. The third-order valence-electron chi connectivity index (χ3n) is 2.55. The highest BCUT2D eigenvalue weighted by Gasteiger charge is 2.14. The van der Waals surface area contributed by atoms with E-state index >= 15 is 0 Å². The number of rotatable bonds is 7. The number of primary amides is 1. The number of hydrogen-bond acceptors (Lipinski definition) is 7. The number of thioether (sulfide) groups is 1. The van der Waals surface area contributed by atoms with Gasteiger partial charge in [0.2, 0.25) is 5.91 Å². The van der Waals surface area contributed by atoms with E-state index in [4.69, 9.17) is 10.2 Å². The Labute approximate surface area is 125 Å². The molecule has 2 rings (SSSR count). The van der Waals surface area contributed by atoms with Crippen LogP contribution < -0.4 is 5.73 Å². The Morgan fingerprint density at radius 3 is 2.80 bits per heavy atom. The summed E-state index contributed by atoms with van der Waals surface area (Å²) in [5, 5.41) is 9.58. The van der Waals surface area contributed by atoms with E-state index in [2.05, 4.69) is 15.2 Å². The number of amides is 1. The lowest BCUT2D eigenvalue weighted by molar-refractivity contribution is -0.118. The number of thiazole rings is 1. The van der Waals surface area contributed by atoms with Crippen molar-refractivity contribution in [3.05, 3.63) is 10.7 Å². The van der Waals surface area contributed by atoms with Gasteiger partial charge >= 0.3 is 0 Å². The molecule has 8 heteroatoms. The topological polar surface area (TPSA) is 94.9 Å². The molecule has 0 aliphatic heterocycles. The molecule has 0 bridgehead atoms. The summed E-state index contributed by atoms with van der Waals surface area (Å²) in [5.74, 6) is 1.09. The zero-order valence-electron chi connectivity index (χ0n) is 11.4. The van der Waals surface area contributed by atoms with Crippen molar-refractivity contribution >= 4 is 29.0 Å². The maximum atomic E-state index is 10.6. The van der Waals surface area contributed by atoms with Crippen LogP contribution in [0.2, 0.25) is 0 Å². The van der Waals surface area contributed by atoms with E-state index in [9.17, 15) is 4.79 Å². The third-order valence-corrected chi connectivity index (χ3v) is 4.51. The minimum Gasteiger partial charge on any atom is -0.410 e. The van der Waals surface area contributed by atoms with Gasteiger partial charge in [-0.25, -0.2) is 4.98 Å². The number of nitrogens with zero attached hydrogens (tertiary/aromatic N) is 3. The summed E-state index contributed by atoms with van der Waals surface area (Å²) in [7, 11) is 0. The van der Waals surface area contributed by atoms with Crippen molar-refractivity contribution in [2.24, 2.45) is 5.73 Å². The monoisotopic (exact) mass is 312 g/mol. The fourth-order valence-electron chi connectivity index (χ4n) is 1.65. The van der Waals surface area contributed by atoms with Crippen molar-refractivity contribution in [3.8, 4) is 10.8 Å². The zero-order chi connectivity index (χ0) is 14.5. The van der Waals surface area contributed by atoms with E-state index in [1.165, 1.54) is 11.8 Å². The van der Waals surface area contributed by atoms with Crippen LogP contribution in [0.1, 0.15) is 30.0 Å². The van der Waals surface area contributed by atoms with Crippen LogP contribution in [0, 0.1) is 13.8 Å². The molecule has 108 valence electrons. The van der Waals surface area contributed by atoms with E-state index in [-0.39, 0.29) is 5.91 Å². The van der Waals surface area contributed by atoms with E-state index in [1.54, 1.807) is 11.3 Å². The summed E-state index contributed by atoms with van der Waals surface area (Å²) in [6.07, 6.45) is 2.11. The predicted octanol–water partition coefficient (Wildman–Crippen LogP) is 2.56. The Kier molecular flexibility index (Phi) is 5.13. The minimum atomic E-state index is -0.258. The van der Waals surface area contributed by atoms with Crippen LogP contribution in [0.5, 0.6) is 0 Å². The quantitative estimate of drug-likeness (QED) is 0.623. The molecular weight excluding hydrogens is 296 g/mol. The van der Waals surface area contributed by atoms with Gasteiger partial charge in [0.25, 0.3) is 11.1 Å². The van der Waals surface area contributed by atoms with Crippen LogP contribution in [0.15, 0.2) is 9.64 Å². The average Bonchev–Trinajstić information content (AvgIpc) is 2.95. The Balaban J connectivity index is 1.86. The van der Waals surface area contributed by atoms with Gasteiger partial charge in [-0.1, -0.05) is 11.8 Å². The summed E-state index contributed by atoms with van der Waals surface area (Å²) in [6.45, 7) is 3.88. The number of aryl methyl sites for hydroxylation is 2. The molecule has 20 heavy (non-hydrogen) atoms. The maximum absolute atomic E-state index is 10.6. The van der Waals surface area contributed by atoms with Gasteiger partial charge in [-0.2, -0.15) is 0 Å². The summed E-state index contributed by atoms with van der Waals surface area (Å²) in [5.41, 5.74) is 5.99. The number of carbonyl (C=O) groups excluding carboxylic acids is 1. The number of carbonyl (C=O) groups is 1. The van der Waals surface area contributed by atoms with Crippen LogP contribution in [0.25, 0.3) is 10.8 Å². The first-order valence-electron chi connectivity index (χ1n) is 6.25. The van der Waals surface area contributed by atoms with Gasteiger partial charge in [-0.05, 0) is 26.7 Å². The van der Waals surface area contributed by atoms with Crippen molar-refractivity contribution in [2.45, 2.75) is 38.3 Å². The molecule has 0 saturated heterocycles. The fraction of sp³-hybridized carbons (Fsp3) is 0.500. The summed E-state index contributed by atoms with van der Waals surface area (Å²) < 4.78 is 5.61. The van der Waals surface area contributed by atoms with Gasteiger partial charge in [0, 0.05) is 12.2 Å². The van der Waals surface area contributed by atoms with Crippen LogP contribution in [0.3, 0.4) is 0 Å². The Morgan fingerprint density at radius 2 is 2.15 bits per heavy atom. The summed E-state index contributed by atoms with van der Waals surface area (Å²) in [4.78, 5) is 15.9. The number of nitrogens with two attached hydrogens (primary N) is 1. The van der Waals surface area contributed by atoms with Gasteiger partial charge in [-0.3, -0.25) is 4.79 Å². The average molecular weight is 312 g/mol. The standard InChI is InChI=1S/C12H16N4O2S2/c1-7-10(20-8(2)14-7)11-15-16-12(18-11)19-6-4-3-5-9(13)17/h3-6H2,1-2H3,(H2,13,17). The highest BCUT2D eigenvalue weighted by atomic mass is 32.2. The third kappa shape index (κ3) is 4.04. The van der Waals surface area contributed by atoms with E-state index in [0.29, 0.717) is 17.5 Å². The molecule has 1 amide bonds. The van der Waals surface area contributed by atoms with Crippen LogP contribution in [0.4, 0.5) is 0 Å². The molecule has 2 N–H and O–H groups in total. The van der Waals surface area contributed by atoms with E-state index in [1.807, 2.05) is 13.8 Å². The smallest absolute Gasteiger partial charge is 0.276 e. The first-order valence-corrected chi connectivity index (χ1v) is 8.05. The number of unbranched alkanes of at least 4 members (excludes halogenated alkanes) is 1. The van der Waals surface area contributed by atoms with Gasteiger partial charge in [0.15, 0.2) is 0 Å². The molecule has 2 aromatic rings. The van der Waals surface area contributed by atoms with E-state index < -0.39 is 0 Å². The van der Waals surface area contributed by atoms with Crippen molar-refractivity contribution in [1.82, 2.24) is 15.2 Å². The second-order valence-electron chi connectivity index (χ2n) is 4.29. The van der Waals surface area contributed by atoms with Gasteiger partial charge in [0.05, 0.1) is 10.7 Å². The molecule has 2 heterocycles. The SMILES string of the molecule is Cc1nc(C)c(-c2nnc(SCCCCC(N)=O)o2)s1. The molecule has 0 fully saturated rings. The minimum absolute atomic E-state index is 0.258. The van der Waals surface area contributed by atoms with Crippen molar-refractivity contribution in [3.63, 3.8) is 0 Å². The molecule has 0 saturated carbocycles. The highest BCUT2D eigenvalue weighted by molar-refractivity contribution is 7.99. The molecular formula is C12H16N4O2S2. The molecule has 0 aliphatic carbocycles. The van der Waals surface area contributed by atoms with Gasteiger partial charge in [0.1, 0.15) is 4.88 Å². The molecule has 0 atom stereocenters. The highest BCUT2D eigenvalue weighted by Crippen LogP contribution is 2.30. The van der Waals surface area contributed by atoms with Gasteiger partial charge in [-0.15, -0.1) is 21.5 Å². The lowest BCUT2D eigenvalue weighted by Crippen LogP contribution is -2.09. The lowest BCUT2D eigenvalue weighted by Gasteiger charge is -1.95. The first-order chi connectivity index (χ1) is 9.56. The second kappa shape index (κ2) is 6.85. The lowest BCUT2D eigenvalue weighted by atomic mass is 10.2. The second-order valence-corrected chi connectivity index (χ2v) is 6.54. The Bertz CT molecular complexity index is 594. The van der Waals surface area contributed by atoms with E-state index in [0.717, 1.165) is 34.2 Å². The van der Waals surface area contributed by atoms with Crippen LogP contribution in [-0.4, -0.2) is 26.8 Å². The largest absolute Gasteiger partial charge is 0.410 e. The van der Waals surface area contributed by atoms with Crippen molar-refractivity contribution < 1.29 is 9.21 Å². The van der Waals surface area contributed by atoms with Crippen molar-refractivity contribution in [1.29, 1.82) is 0 Å². The van der Waals surface area contributed by atoms with Crippen LogP contribution in [-0.2, 0) is 4.79 Å². The fourth-order valence-corrected chi connectivity index (χ4v) is 3.25. The normalized spacial score (nSPS) is 10.9. The Morgan fingerprint density at radius 1 is 1.35 bits per heavy atom. The molecule has 0 radical (unpaired) electrons. The molecule has 6 nitrogen and oxygen atoms in total. The number of aromatic nitrogens is 3. The molecule has 0 aliphatic rings. The summed E-state index contributed by atoms with van der Waals surface area (Å²) in [6, 6.07) is 0. The maximum Gasteiger partial charge on any atom is 0.276 e. The Hall–Kier alpha value is -1.41. The number of hydrogen-bond donors (Lipinski definition) is 1. The predicted molar refractivity (Wildman–Crippen MR) is 78.6 cm³/mol.